The predicted molar refractivity (Wildman–Crippen MR) is 67.5 cm³/mol. The first-order valence-corrected chi connectivity index (χ1v) is 5.84. The zero-order chi connectivity index (χ0) is 13.1. The van der Waals surface area contributed by atoms with Crippen LogP contribution in [0.5, 0.6) is 11.5 Å². The first-order chi connectivity index (χ1) is 7.97. The Balaban J connectivity index is 3.34. The molecule has 0 aromatic heterocycles. The highest BCUT2D eigenvalue weighted by Crippen LogP contribution is 2.42. The number of halogens is 1. The summed E-state index contributed by atoms with van der Waals surface area (Å²) in [5.74, 6) is 1.07. The average Bonchev–Trinajstić information content (AvgIpc) is 2.28. The number of aliphatic hydroxyl groups is 1. The number of ether oxygens (including phenoxy) is 2. The van der Waals surface area contributed by atoms with Crippen molar-refractivity contribution in [1.82, 2.24) is 0 Å². The lowest BCUT2D eigenvalue weighted by molar-refractivity contribution is -0.112. The van der Waals surface area contributed by atoms with Crippen LogP contribution in [-0.2, 0) is 10.4 Å². The maximum Gasteiger partial charge on any atom is 0.142 e. The number of hydrogen-bond acceptors (Lipinski definition) is 4. The number of rotatable bonds is 5. The Morgan fingerprint density at radius 1 is 1.41 bits per heavy atom. The summed E-state index contributed by atoms with van der Waals surface area (Å²) in [4.78, 5) is 10.6. The lowest BCUT2D eigenvalue weighted by Crippen LogP contribution is -2.22. The highest BCUT2D eigenvalue weighted by Gasteiger charge is 2.28. The van der Waals surface area contributed by atoms with Crippen molar-refractivity contribution in [2.45, 2.75) is 18.9 Å². The predicted octanol–water partition coefficient (Wildman–Crippen LogP) is 2.26. The number of carbonyl (C=O) groups is 1. The Labute approximate surface area is 109 Å². The fraction of sp³-hybridized carbons (Fsp3) is 0.417. The van der Waals surface area contributed by atoms with Crippen LogP contribution >= 0.6 is 15.9 Å². The molecule has 17 heavy (non-hydrogen) atoms. The van der Waals surface area contributed by atoms with Crippen LogP contribution in [0.1, 0.15) is 18.9 Å². The Morgan fingerprint density at radius 2 is 2.06 bits per heavy atom. The van der Waals surface area contributed by atoms with Crippen molar-refractivity contribution in [1.29, 1.82) is 0 Å². The van der Waals surface area contributed by atoms with Gasteiger partial charge in [0.15, 0.2) is 0 Å². The molecule has 0 saturated carbocycles. The maximum atomic E-state index is 10.6. The van der Waals surface area contributed by atoms with Crippen molar-refractivity contribution < 1.29 is 19.4 Å². The summed E-state index contributed by atoms with van der Waals surface area (Å²) < 4.78 is 11.0. The first kappa shape index (κ1) is 14.0. The van der Waals surface area contributed by atoms with Crippen LogP contribution < -0.4 is 9.47 Å². The largest absolute Gasteiger partial charge is 0.495 e. The van der Waals surface area contributed by atoms with E-state index >= 15 is 0 Å². The SMILES string of the molecule is COc1ccc(C(C)(O)CC=O)c(OC)c1Br. The van der Waals surface area contributed by atoms with E-state index in [1.54, 1.807) is 26.2 Å². The summed E-state index contributed by atoms with van der Waals surface area (Å²) in [5.41, 5.74) is -0.721. The molecule has 0 bridgehead atoms. The summed E-state index contributed by atoms with van der Waals surface area (Å²) in [6.45, 7) is 1.57. The second-order valence-electron chi connectivity index (χ2n) is 3.81. The number of benzene rings is 1. The normalized spacial score (nSPS) is 13.9. The molecule has 1 rings (SSSR count). The van der Waals surface area contributed by atoms with Gasteiger partial charge < -0.3 is 19.4 Å². The average molecular weight is 303 g/mol. The number of hydrogen-bond donors (Lipinski definition) is 1. The quantitative estimate of drug-likeness (QED) is 0.848. The highest BCUT2D eigenvalue weighted by molar-refractivity contribution is 9.10. The van der Waals surface area contributed by atoms with Gasteiger partial charge in [0.2, 0.25) is 0 Å². The number of methoxy groups -OCH3 is 2. The van der Waals surface area contributed by atoms with Gasteiger partial charge >= 0.3 is 0 Å². The third-order valence-corrected chi connectivity index (χ3v) is 3.30. The van der Waals surface area contributed by atoms with Gasteiger partial charge in [0.25, 0.3) is 0 Å². The molecule has 0 aliphatic heterocycles. The standard InChI is InChI=1S/C12H15BrO4/c1-12(15,6-7-14)8-4-5-9(16-2)10(13)11(8)17-3/h4-5,7,15H,6H2,1-3H3. The first-order valence-electron chi connectivity index (χ1n) is 5.05. The molecule has 1 atom stereocenters. The van der Waals surface area contributed by atoms with Crippen LogP contribution in [-0.4, -0.2) is 25.6 Å². The lowest BCUT2D eigenvalue weighted by atomic mass is 9.92. The van der Waals surface area contributed by atoms with E-state index in [0.29, 0.717) is 27.8 Å². The summed E-state index contributed by atoms with van der Waals surface area (Å²) in [5, 5.41) is 10.2. The molecule has 1 N–H and O–H groups in total. The van der Waals surface area contributed by atoms with Crippen molar-refractivity contribution in [3.8, 4) is 11.5 Å². The number of aldehydes is 1. The zero-order valence-corrected chi connectivity index (χ0v) is 11.6. The Hall–Kier alpha value is -1.07. The van der Waals surface area contributed by atoms with Gasteiger partial charge in [-0.1, -0.05) is 0 Å². The molecule has 0 spiro atoms. The molecule has 0 fully saturated rings. The molecule has 0 saturated heterocycles. The van der Waals surface area contributed by atoms with E-state index in [0.717, 1.165) is 0 Å². The Morgan fingerprint density at radius 3 is 2.53 bits per heavy atom. The molecule has 0 aliphatic rings. The molecule has 0 heterocycles. The van der Waals surface area contributed by atoms with Crippen molar-refractivity contribution in [2.75, 3.05) is 14.2 Å². The molecule has 0 aliphatic carbocycles. The minimum absolute atomic E-state index is 0.00211. The molecule has 94 valence electrons. The Kier molecular flexibility index (Phi) is 4.54. The minimum atomic E-state index is -1.26. The van der Waals surface area contributed by atoms with Crippen LogP contribution in [0.25, 0.3) is 0 Å². The van der Waals surface area contributed by atoms with Gasteiger partial charge in [0.05, 0.1) is 19.8 Å². The molecule has 5 heteroatoms. The van der Waals surface area contributed by atoms with Gasteiger partial charge in [0, 0.05) is 12.0 Å². The van der Waals surface area contributed by atoms with E-state index in [2.05, 4.69) is 15.9 Å². The van der Waals surface area contributed by atoms with Crippen molar-refractivity contribution in [3.63, 3.8) is 0 Å². The topological polar surface area (TPSA) is 55.8 Å². The molecule has 4 nitrogen and oxygen atoms in total. The van der Waals surface area contributed by atoms with Crippen LogP contribution in [0.15, 0.2) is 16.6 Å². The van der Waals surface area contributed by atoms with E-state index in [9.17, 15) is 9.90 Å². The van der Waals surface area contributed by atoms with Crippen molar-refractivity contribution in [2.24, 2.45) is 0 Å². The second-order valence-corrected chi connectivity index (χ2v) is 4.60. The van der Waals surface area contributed by atoms with Crippen molar-refractivity contribution >= 4 is 22.2 Å². The highest BCUT2D eigenvalue weighted by atomic mass is 79.9. The summed E-state index contributed by atoms with van der Waals surface area (Å²) in [7, 11) is 3.04. The van der Waals surface area contributed by atoms with E-state index in [4.69, 9.17) is 9.47 Å². The van der Waals surface area contributed by atoms with Crippen LogP contribution in [0, 0.1) is 0 Å². The van der Waals surface area contributed by atoms with Gasteiger partial charge in [-0.2, -0.15) is 0 Å². The Bertz CT molecular complexity index is 415. The fourth-order valence-corrected chi connectivity index (χ4v) is 2.26. The molecule has 1 unspecified atom stereocenters. The summed E-state index contributed by atoms with van der Waals surface area (Å²) in [6, 6.07) is 3.40. The summed E-state index contributed by atoms with van der Waals surface area (Å²) in [6.07, 6.45) is 0.680. The van der Waals surface area contributed by atoms with E-state index in [1.165, 1.54) is 7.11 Å². The molecule has 1 aromatic rings. The fourth-order valence-electron chi connectivity index (χ4n) is 1.59. The molecular weight excluding hydrogens is 288 g/mol. The van der Waals surface area contributed by atoms with Gasteiger partial charge in [-0.3, -0.25) is 0 Å². The molecule has 1 aromatic carbocycles. The third kappa shape index (κ3) is 2.79. The van der Waals surface area contributed by atoms with E-state index < -0.39 is 5.60 Å². The lowest BCUT2D eigenvalue weighted by Gasteiger charge is -2.24. The second kappa shape index (κ2) is 5.51. The van der Waals surface area contributed by atoms with Crippen molar-refractivity contribution in [3.05, 3.63) is 22.2 Å². The van der Waals surface area contributed by atoms with Gasteiger partial charge in [-0.05, 0) is 35.0 Å². The summed E-state index contributed by atoms with van der Waals surface area (Å²) >= 11 is 3.35. The van der Waals surface area contributed by atoms with Crippen LogP contribution in [0.3, 0.4) is 0 Å². The zero-order valence-electron chi connectivity index (χ0n) is 9.99. The molecule has 0 radical (unpaired) electrons. The number of carbonyl (C=O) groups excluding carboxylic acids is 1. The van der Waals surface area contributed by atoms with E-state index in [-0.39, 0.29) is 6.42 Å². The van der Waals surface area contributed by atoms with Gasteiger partial charge in [-0.25, -0.2) is 0 Å². The maximum absolute atomic E-state index is 10.6. The van der Waals surface area contributed by atoms with Crippen LogP contribution in [0.2, 0.25) is 0 Å². The smallest absolute Gasteiger partial charge is 0.142 e. The van der Waals surface area contributed by atoms with Gasteiger partial charge in [-0.15, -0.1) is 0 Å². The molecular formula is C12H15BrO4. The third-order valence-electron chi connectivity index (χ3n) is 2.55. The minimum Gasteiger partial charge on any atom is -0.495 e. The van der Waals surface area contributed by atoms with Crippen LogP contribution in [0.4, 0.5) is 0 Å². The van der Waals surface area contributed by atoms with E-state index in [1.807, 2.05) is 0 Å². The van der Waals surface area contributed by atoms with Gasteiger partial charge in [0.1, 0.15) is 22.3 Å². The monoisotopic (exact) mass is 302 g/mol. The molecule has 0 amide bonds.